The first-order valence-electron chi connectivity index (χ1n) is 5.62. The van der Waals surface area contributed by atoms with Gasteiger partial charge in [0.2, 0.25) is 5.89 Å². The number of carboxylic acid groups (broad SMARTS) is 1. The second-order valence-corrected chi connectivity index (χ2v) is 4.76. The minimum Gasteiger partial charge on any atom is -0.478 e. The molecule has 1 heterocycles. The summed E-state index contributed by atoms with van der Waals surface area (Å²) in [7, 11) is 0. The van der Waals surface area contributed by atoms with Crippen molar-refractivity contribution in [2.75, 3.05) is 11.9 Å². The number of hydrogen-bond donors (Lipinski definition) is 2. The highest BCUT2D eigenvalue weighted by atomic mass is 79.9. The average Bonchev–Trinajstić information content (AvgIpc) is 2.77. The number of rotatable bonds is 5. The molecule has 0 aliphatic heterocycles. The summed E-state index contributed by atoms with van der Waals surface area (Å²) >= 11 is 3.33. The third-order valence-electron chi connectivity index (χ3n) is 2.45. The zero-order valence-corrected chi connectivity index (χ0v) is 11.8. The molecule has 2 N–H and O–H groups in total. The van der Waals surface area contributed by atoms with Crippen molar-refractivity contribution in [2.45, 2.75) is 13.3 Å². The molecule has 0 spiro atoms. The molecule has 0 radical (unpaired) electrons. The predicted octanol–water partition coefficient (Wildman–Crippen LogP) is 2.49. The second-order valence-electron chi connectivity index (χ2n) is 3.91. The zero-order chi connectivity index (χ0) is 13.8. The zero-order valence-electron chi connectivity index (χ0n) is 10.2. The van der Waals surface area contributed by atoms with Gasteiger partial charge in [-0.05, 0) is 34.1 Å². The summed E-state index contributed by atoms with van der Waals surface area (Å²) in [6.45, 7) is 2.37. The second kappa shape index (κ2) is 5.83. The van der Waals surface area contributed by atoms with E-state index in [0.29, 0.717) is 29.2 Å². The first-order chi connectivity index (χ1) is 9.06. The number of nitrogens with one attached hydrogen (secondary N) is 1. The lowest BCUT2D eigenvalue weighted by Gasteiger charge is -2.07. The fourth-order valence-corrected chi connectivity index (χ4v) is 2.06. The maximum atomic E-state index is 10.8. The largest absolute Gasteiger partial charge is 0.478 e. The van der Waals surface area contributed by atoms with Crippen molar-refractivity contribution in [1.82, 2.24) is 10.1 Å². The number of aryl methyl sites for hydroxylation is 1. The Labute approximate surface area is 118 Å². The van der Waals surface area contributed by atoms with Gasteiger partial charge in [0, 0.05) is 30.0 Å². The monoisotopic (exact) mass is 325 g/mol. The van der Waals surface area contributed by atoms with Crippen LogP contribution in [-0.2, 0) is 6.42 Å². The van der Waals surface area contributed by atoms with Crippen molar-refractivity contribution >= 4 is 27.6 Å². The Balaban J connectivity index is 1.94. The van der Waals surface area contributed by atoms with E-state index < -0.39 is 5.97 Å². The molecule has 19 heavy (non-hydrogen) atoms. The lowest BCUT2D eigenvalue weighted by atomic mass is 10.2. The molecule has 0 fully saturated rings. The SMILES string of the molecule is Cc1nc(CCNc2ccc(C(=O)O)cc2Br)no1. The summed E-state index contributed by atoms with van der Waals surface area (Å²) in [5.74, 6) is 0.236. The molecule has 0 saturated carbocycles. The molecule has 7 heteroatoms. The number of anilines is 1. The van der Waals surface area contributed by atoms with Crippen LogP contribution < -0.4 is 5.32 Å². The molecule has 6 nitrogen and oxygen atoms in total. The molecule has 0 saturated heterocycles. The van der Waals surface area contributed by atoms with Gasteiger partial charge in [0.1, 0.15) is 0 Å². The van der Waals surface area contributed by atoms with Crippen molar-refractivity contribution < 1.29 is 14.4 Å². The van der Waals surface area contributed by atoms with Crippen LogP contribution in [0.3, 0.4) is 0 Å². The lowest BCUT2D eigenvalue weighted by molar-refractivity contribution is 0.0697. The van der Waals surface area contributed by atoms with Crippen molar-refractivity contribution in [3.8, 4) is 0 Å². The minimum absolute atomic E-state index is 0.242. The number of halogens is 1. The van der Waals surface area contributed by atoms with Gasteiger partial charge in [-0.2, -0.15) is 4.98 Å². The van der Waals surface area contributed by atoms with E-state index in [1.807, 2.05) is 0 Å². The molecule has 0 atom stereocenters. The van der Waals surface area contributed by atoms with Crippen molar-refractivity contribution in [3.63, 3.8) is 0 Å². The Morgan fingerprint density at radius 1 is 1.53 bits per heavy atom. The van der Waals surface area contributed by atoms with Gasteiger partial charge in [-0.1, -0.05) is 5.16 Å². The van der Waals surface area contributed by atoms with E-state index in [2.05, 4.69) is 31.4 Å². The first-order valence-corrected chi connectivity index (χ1v) is 6.41. The Morgan fingerprint density at radius 2 is 2.32 bits per heavy atom. The molecule has 0 amide bonds. The fraction of sp³-hybridized carbons (Fsp3) is 0.250. The summed E-state index contributed by atoms with van der Waals surface area (Å²) in [6.07, 6.45) is 0.629. The first kappa shape index (κ1) is 13.5. The molecule has 1 aromatic heterocycles. The highest BCUT2D eigenvalue weighted by Crippen LogP contribution is 2.23. The van der Waals surface area contributed by atoms with Crippen LogP contribution in [-0.4, -0.2) is 27.8 Å². The summed E-state index contributed by atoms with van der Waals surface area (Å²) in [5.41, 5.74) is 1.07. The number of aromatic nitrogens is 2. The van der Waals surface area contributed by atoms with Crippen LogP contribution in [0.4, 0.5) is 5.69 Å². The van der Waals surface area contributed by atoms with Gasteiger partial charge >= 0.3 is 5.97 Å². The summed E-state index contributed by atoms with van der Waals surface area (Å²) in [4.78, 5) is 14.9. The van der Waals surface area contributed by atoms with Crippen LogP contribution in [0, 0.1) is 6.92 Å². The molecule has 0 aliphatic rings. The number of nitrogens with zero attached hydrogens (tertiary/aromatic N) is 2. The number of carboxylic acids is 1. The average molecular weight is 326 g/mol. The van der Waals surface area contributed by atoms with Crippen LogP contribution in [0.5, 0.6) is 0 Å². The van der Waals surface area contributed by atoms with E-state index in [1.54, 1.807) is 25.1 Å². The third kappa shape index (κ3) is 3.54. The summed E-state index contributed by atoms with van der Waals surface area (Å²) in [5, 5.41) is 15.8. The van der Waals surface area contributed by atoms with Gasteiger partial charge < -0.3 is 14.9 Å². The Bertz CT molecular complexity index is 598. The van der Waals surface area contributed by atoms with Crippen LogP contribution >= 0.6 is 15.9 Å². The normalized spacial score (nSPS) is 10.4. The van der Waals surface area contributed by atoms with E-state index in [-0.39, 0.29) is 5.56 Å². The topological polar surface area (TPSA) is 88.2 Å². The van der Waals surface area contributed by atoms with Crippen LogP contribution in [0.25, 0.3) is 0 Å². The van der Waals surface area contributed by atoms with E-state index in [0.717, 1.165) is 5.69 Å². The van der Waals surface area contributed by atoms with Gasteiger partial charge in [0.25, 0.3) is 0 Å². The van der Waals surface area contributed by atoms with Gasteiger partial charge in [-0.15, -0.1) is 0 Å². The Kier molecular flexibility index (Phi) is 4.16. The highest BCUT2D eigenvalue weighted by Gasteiger charge is 2.07. The molecular weight excluding hydrogens is 314 g/mol. The molecular formula is C12H12BrN3O3. The van der Waals surface area contributed by atoms with Gasteiger partial charge in [-0.25, -0.2) is 4.79 Å². The van der Waals surface area contributed by atoms with Crippen molar-refractivity contribution in [2.24, 2.45) is 0 Å². The standard InChI is InChI=1S/C12H12BrN3O3/c1-7-15-11(16-19-7)4-5-14-10-3-2-8(12(17)18)6-9(10)13/h2-3,6,14H,4-5H2,1H3,(H,17,18). The molecule has 1 aromatic carbocycles. The van der Waals surface area contributed by atoms with E-state index in [1.165, 1.54) is 0 Å². The molecule has 100 valence electrons. The summed E-state index contributed by atoms with van der Waals surface area (Å²) < 4.78 is 5.57. The molecule has 0 bridgehead atoms. The van der Waals surface area contributed by atoms with E-state index in [9.17, 15) is 4.79 Å². The maximum Gasteiger partial charge on any atom is 0.335 e. The number of benzene rings is 1. The maximum absolute atomic E-state index is 10.8. The molecule has 0 unspecified atom stereocenters. The number of aromatic carboxylic acids is 1. The number of carbonyl (C=O) groups is 1. The summed E-state index contributed by atoms with van der Waals surface area (Å²) in [6, 6.07) is 4.83. The molecule has 2 rings (SSSR count). The van der Waals surface area contributed by atoms with Crippen molar-refractivity contribution in [1.29, 1.82) is 0 Å². The van der Waals surface area contributed by atoms with Gasteiger partial charge in [0.15, 0.2) is 5.82 Å². The smallest absolute Gasteiger partial charge is 0.335 e. The van der Waals surface area contributed by atoms with Crippen LogP contribution in [0.15, 0.2) is 27.2 Å². The van der Waals surface area contributed by atoms with E-state index in [4.69, 9.17) is 9.63 Å². The quantitative estimate of drug-likeness (QED) is 0.878. The third-order valence-corrected chi connectivity index (χ3v) is 3.11. The minimum atomic E-state index is -0.950. The fourth-order valence-electron chi connectivity index (χ4n) is 1.54. The van der Waals surface area contributed by atoms with Crippen LogP contribution in [0.2, 0.25) is 0 Å². The highest BCUT2D eigenvalue weighted by molar-refractivity contribution is 9.10. The van der Waals surface area contributed by atoms with Gasteiger partial charge in [0.05, 0.1) is 5.56 Å². The van der Waals surface area contributed by atoms with Crippen molar-refractivity contribution in [3.05, 3.63) is 40.0 Å². The Hall–Kier alpha value is -1.89. The predicted molar refractivity (Wildman–Crippen MR) is 72.3 cm³/mol. The van der Waals surface area contributed by atoms with Gasteiger partial charge in [-0.3, -0.25) is 0 Å². The van der Waals surface area contributed by atoms with Crippen LogP contribution in [0.1, 0.15) is 22.1 Å². The van der Waals surface area contributed by atoms with E-state index >= 15 is 0 Å². The molecule has 0 aliphatic carbocycles. The lowest BCUT2D eigenvalue weighted by Crippen LogP contribution is -2.07. The molecule has 2 aromatic rings. The number of hydrogen-bond acceptors (Lipinski definition) is 5. The Morgan fingerprint density at radius 3 is 2.89 bits per heavy atom.